The molecule has 5 nitrogen and oxygen atoms in total. The quantitative estimate of drug-likeness (QED) is 0.750. The summed E-state index contributed by atoms with van der Waals surface area (Å²) < 4.78 is 5.65. The van der Waals surface area contributed by atoms with Gasteiger partial charge >= 0.3 is 0 Å². The standard InChI is InChI=1S/C15H14N2O3/c1-3-9-14(18)16-13(17-15(9)19)12-8(2)20-11-7-5-4-6-10(11)12/h4-7H,3H2,1-2H3,(H2,16,17,18,19). The molecule has 0 aliphatic heterocycles. The van der Waals surface area contributed by atoms with E-state index in [9.17, 15) is 9.90 Å². The van der Waals surface area contributed by atoms with Crippen molar-refractivity contribution in [2.45, 2.75) is 20.3 Å². The molecule has 3 rings (SSSR count). The second kappa shape index (κ2) is 4.52. The second-order valence-corrected chi connectivity index (χ2v) is 4.60. The zero-order valence-electron chi connectivity index (χ0n) is 11.2. The highest BCUT2D eigenvalue weighted by molar-refractivity contribution is 5.93. The Balaban J connectivity index is 2.31. The first-order chi connectivity index (χ1) is 9.61. The lowest BCUT2D eigenvalue weighted by atomic mass is 10.1. The van der Waals surface area contributed by atoms with Gasteiger partial charge in [0.2, 0.25) is 5.88 Å². The molecule has 3 aromatic rings. The number of nitrogens with zero attached hydrogens (tertiary/aromatic N) is 1. The molecule has 2 heterocycles. The molecule has 1 aromatic carbocycles. The molecule has 0 amide bonds. The van der Waals surface area contributed by atoms with Crippen molar-refractivity contribution >= 4 is 11.0 Å². The first-order valence-electron chi connectivity index (χ1n) is 6.42. The topological polar surface area (TPSA) is 79.1 Å². The minimum atomic E-state index is -0.320. The third-order valence-corrected chi connectivity index (χ3v) is 3.36. The summed E-state index contributed by atoms with van der Waals surface area (Å²) in [5.41, 5.74) is 1.40. The van der Waals surface area contributed by atoms with Crippen molar-refractivity contribution in [3.05, 3.63) is 45.9 Å². The summed E-state index contributed by atoms with van der Waals surface area (Å²) in [6.07, 6.45) is 0.430. The number of para-hydroxylation sites is 1. The number of H-pyrrole nitrogens is 1. The molecule has 0 saturated carbocycles. The summed E-state index contributed by atoms with van der Waals surface area (Å²) in [6, 6.07) is 7.51. The van der Waals surface area contributed by atoms with E-state index in [1.807, 2.05) is 24.3 Å². The number of benzene rings is 1. The maximum Gasteiger partial charge on any atom is 0.258 e. The molecule has 0 radical (unpaired) electrons. The van der Waals surface area contributed by atoms with E-state index in [2.05, 4.69) is 9.97 Å². The van der Waals surface area contributed by atoms with E-state index in [-0.39, 0.29) is 11.4 Å². The van der Waals surface area contributed by atoms with Crippen molar-refractivity contribution in [1.82, 2.24) is 9.97 Å². The van der Waals surface area contributed by atoms with Gasteiger partial charge in [-0.15, -0.1) is 0 Å². The molecule has 2 aromatic heterocycles. The van der Waals surface area contributed by atoms with Gasteiger partial charge in [0.25, 0.3) is 5.56 Å². The summed E-state index contributed by atoms with van der Waals surface area (Å²) in [7, 11) is 0. The summed E-state index contributed by atoms with van der Waals surface area (Å²) in [6.45, 7) is 3.60. The van der Waals surface area contributed by atoms with Crippen LogP contribution in [0.25, 0.3) is 22.4 Å². The van der Waals surface area contributed by atoms with Crippen molar-refractivity contribution in [2.24, 2.45) is 0 Å². The molecule has 0 fully saturated rings. The first kappa shape index (κ1) is 12.5. The molecular formula is C15H14N2O3. The van der Waals surface area contributed by atoms with Crippen LogP contribution in [-0.2, 0) is 6.42 Å². The summed E-state index contributed by atoms with van der Waals surface area (Å²) in [4.78, 5) is 18.8. The largest absolute Gasteiger partial charge is 0.493 e. The number of aryl methyl sites for hydroxylation is 1. The van der Waals surface area contributed by atoms with Crippen molar-refractivity contribution in [1.29, 1.82) is 0 Å². The molecule has 2 N–H and O–H groups in total. The van der Waals surface area contributed by atoms with Crippen LogP contribution in [0, 0.1) is 6.92 Å². The fourth-order valence-electron chi connectivity index (χ4n) is 2.39. The number of aromatic hydroxyl groups is 1. The summed E-state index contributed by atoms with van der Waals surface area (Å²) >= 11 is 0. The van der Waals surface area contributed by atoms with Crippen LogP contribution in [0.15, 0.2) is 33.5 Å². The van der Waals surface area contributed by atoms with Crippen molar-refractivity contribution in [3.63, 3.8) is 0 Å². The fourth-order valence-corrected chi connectivity index (χ4v) is 2.39. The number of hydrogen-bond donors (Lipinski definition) is 2. The maximum atomic E-state index is 11.9. The lowest BCUT2D eigenvalue weighted by Crippen LogP contribution is -2.14. The third-order valence-electron chi connectivity index (χ3n) is 3.36. The monoisotopic (exact) mass is 270 g/mol. The van der Waals surface area contributed by atoms with E-state index in [1.54, 1.807) is 13.8 Å². The molecule has 0 bridgehead atoms. The van der Waals surface area contributed by atoms with Crippen LogP contribution in [0.5, 0.6) is 5.88 Å². The lowest BCUT2D eigenvalue weighted by molar-refractivity contribution is 0.444. The zero-order valence-corrected chi connectivity index (χ0v) is 11.2. The Hall–Kier alpha value is -2.56. The highest BCUT2D eigenvalue weighted by Gasteiger charge is 2.17. The number of hydrogen-bond acceptors (Lipinski definition) is 4. The molecule has 0 spiro atoms. The van der Waals surface area contributed by atoms with E-state index in [0.29, 0.717) is 29.1 Å². The molecule has 0 atom stereocenters. The van der Waals surface area contributed by atoms with Crippen LogP contribution in [-0.4, -0.2) is 15.1 Å². The molecule has 102 valence electrons. The highest BCUT2D eigenvalue weighted by Crippen LogP contribution is 2.32. The fraction of sp³-hybridized carbons (Fsp3) is 0.200. The van der Waals surface area contributed by atoms with Crippen LogP contribution in [0.4, 0.5) is 0 Å². The van der Waals surface area contributed by atoms with E-state index >= 15 is 0 Å². The van der Waals surface area contributed by atoms with Gasteiger partial charge in [0, 0.05) is 5.39 Å². The Morgan fingerprint density at radius 1 is 1.35 bits per heavy atom. The second-order valence-electron chi connectivity index (χ2n) is 4.60. The van der Waals surface area contributed by atoms with Gasteiger partial charge in [0.1, 0.15) is 17.2 Å². The van der Waals surface area contributed by atoms with Gasteiger partial charge < -0.3 is 14.5 Å². The van der Waals surface area contributed by atoms with Gasteiger partial charge in [-0.05, 0) is 19.4 Å². The van der Waals surface area contributed by atoms with Crippen molar-refractivity contribution in [2.75, 3.05) is 0 Å². The van der Waals surface area contributed by atoms with Gasteiger partial charge in [-0.2, -0.15) is 4.98 Å². The van der Waals surface area contributed by atoms with Crippen molar-refractivity contribution < 1.29 is 9.52 Å². The van der Waals surface area contributed by atoms with Gasteiger partial charge in [-0.3, -0.25) is 4.79 Å². The molecule has 0 aliphatic rings. The molecule has 5 heteroatoms. The average molecular weight is 270 g/mol. The molecule has 0 unspecified atom stereocenters. The Morgan fingerprint density at radius 2 is 2.10 bits per heavy atom. The van der Waals surface area contributed by atoms with Crippen LogP contribution in [0.3, 0.4) is 0 Å². The number of rotatable bonds is 2. The van der Waals surface area contributed by atoms with E-state index in [4.69, 9.17) is 4.42 Å². The van der Waals surface area contributed by atoms with Crippen LogP contribution < -0.4 is 5.56 Å². The average Bonchev–Trinajstić information content (AvgIpc) is 2.74. The van der Waals surface area contributed by atoms with Crippen LogP contribution in [0.2, 0.25) is 0 Å². The van der Waals surface area contributed by atoms with Gasteiger partial charge in [-0.25, -0.2) is 0 Å². The van der Waals surface area contributed by atoms with Gasteiger partial charge in [-0.1, -0.05) is 25.1 Å². The minimum Gasteiger partial charge on any atom is -0.493 e. The summed E-state index contributed by atoms with van der Waals surface area (Å²) in [5, 5.41) is 10.7. The third kappa shape index (κ3) is 1.79. The SMILES string of the molecule is CCc1c(O)nc(-c2c(C)oc3ccccc23)[nH]c1=O. The van der Waals surface area contributed by atoms with Gasteiger partial charge in [0.05, 0.1) is 11.1 Å². The predicted octanol–water partition coefficient (Wildman–Crippen LogP) is 2.76. The number of furan rings is 1. The van der Waals surface area contributed by atoms with Crippen LogP contribution >= 0.6 is 0 Å². The summed E-state index contributed by atoms with van der Waals surface area (Å²) in [5.74, 6) is 0.751. The number of fused-ring (bicyclic) bond motifs is 1. The normalized spacial score (nSPS) is 11.1. The minimum absolute atomic E-state index is 0.226. The van der Waals surface area contributed by atoms with E-state index < -0.39 is 0 Å². The van der Waals surface area contributed by atoms with Crippen LogP contribution in [0.1, 0.15) is 18.2 Å². The molecular weight excluding hydrogens is 256 g/mol. The molecule has 0 saturated heterocycles. The van der Waals surface area contributed by atoms with E-state index in [0.717, 1.165) is 11.0 Å². The number of aromatic amines is 1. The smallest absolute Gasteiger partial charge is 0.258 e. The molecule has 20 heavy (non-hydrogen) atoms. The Kier molecular flexibility index (Phi) is 2.82. The highest BCUT2D eigenvalue weighted by atomic mass is 16.3. The van der Waals surface area contributed by atoms with Crippen molar-refractivity contribution in [3.8, 4) is 17.3 Å². The Bertz CT molecular complexity index is 846. The number of aromatic nitrogens is 2. The zero-order chi connectivity index (χ0) is 14.3. The maximum absolute atomic E-state index is 11.9. The first-order valence-corrected chi connectivity index (χ1v) is 6.42. The predicted molar refractivity (Wildman–Crippen MR) is 75.8 cm³/mol. The number of nitrogens with one attached hydrogen (secondary N) is 1. The Labute approximate surface area is 114 Å². The van der Waals surface area contributed by atoms with E-state index in [1.165, 1.54) is 0 Å². The lowest BCUT2D eigenvalue weighted by Gasteiger charge is -2.04. The molecule has 0 aliphatic carbocycles. The van der Waals surface area contributed by atoms with Gasteiger partial charge in [0.15, 0.2) is 0 Å². The Morgan fingerprint density at radius 3 is 2.80 bits per heavy atom.